The lowest BCUT2D eigenvalue weighted by Gasteiger charge is -2.23. The van der Waals surface area contributed by atoms with Crippen molar-refractivity contribution < 1.29 is 19.8 Å². The minimum Gasteiger partial charge on any atom is -0.481 e. The maximum atomic E-state index is 12.1. The molecule has 2 aliphatic carbocycles. The molecule has 108 valence electrons. The molecule has 0 spiro atoms. The average Bonchev–Trinajstić information content (AvgIpc) is 2.78. The first-order valence-electron chi connectivity index (χ1n) is 7.29. The average molecular weight is 269 g/mol. The fourth-order valence-electron chi connectivity index (χ4n) is 3.20. The van der Waals surface area contributed by atoms with Gasteiger partial charge in [0.15, 0.2) is 0 Å². The van der Waals surface area contributed by atoms with Gasteiger partial charge in [-0.05, 0) is 32.1 Å². The third-order valence-corrected chi connectivity index (χ3v) is 4.46. The standard InChI is InChI=1S/C14H23NO4/c16-12-5-3-1-2-4-11(12)15-13(17)9-6-7-10(8-9)14(18)19/h9-12,16H,1-8H2,(H,15,17)(H,18,19)/t9-,10+,11?,12?/m1/s1. The molecule has 1 amide bonds. The maximum Gasteiger partial charge on any atom is 0.306 e. The largest absolute Gasteiger partial charge is 0.481 e. The predicted octanol–water partition coefficient (Wildman–Crippen LogP) is 1.30. The SMILES string of the molecule is O=C(O)[C@H]1CC[C@@H](C(=O)NC2CCCCCC2O)C1. The van der Waals surface area contributed by atoms with Gasteiger partial charge in [0.2, 0.25) is 5.91 Å². The second-order valence-corrected chi connectivity index (χ2v) is 5.87. The van der Waals surface area contributed by atoms with E-state index >= 15 is 0 Å². The van der Waals surface area contributed by atoms with Gasteiger partial charge in [-0.1, -0.05) is 19.3 Å². The Hall–Kier alpha value is -1.10. The summed E-state index contributed by atoms with van der Waals surface area (Å²) in [4.78, 5) is 23.0. The summed E-state index contributed by atoms with van der Waals surface area (Å²) in [5.74, 6) is -1.45. The lowest BCUT2D eigenvalue weighted by molar-refractivity contribution is -0.141. The smallest absolute Gasteiger partial charge is 0.306 e. The first-order chi connectivity index (χ1) is 9.08. The van der Waals surface area contributed by atoms with E-state index in [1.165, 1.54) is 0 Å². The van der Waals surface area contributed by atoms with E-state index in [1.807, 2.05) is 0 Å². The van der Waals surface area contributed by atoms with Gasteiger partial charge in [0.25, 0.3) is 0 Å². The van der Waals surface area contributed by atoms with Crippen molar-refractivity contribution in [3.8, 4) is 0 Å². The Morgan fingerprint density at radius 3 is 2.32 bits per heavy atom. The lowest BCUT2D eigenvalue weighted by Crippen LogP contribution is -2.44. The minimum absolute atomic E-state index is 0.0744. The molecular formula is C14H23NO4. The number of aliphatic hydroxyl groups excluding tert-OH is 1. The van der Waals surface area contributed by atoms with Gasteiger partial charge >= 0.3 is 5.97 Å². The van der Waals surface area contributed by atoms with Crippen LogP contribution in [0.4, 0.5) is 0 Å². The van der Waals surface area contributed by atoms with Crippen molar-refractivity contribution in [2.45, 2.75) is 63.5 Å². The number of carboxylic acid groups (broad SMARTS) is 1. The van der Waals surface area contributed by atoms with Crippen LogP contribution < -0.4 is 5.32 Å². The van der Waals surface area contributed by atoms with E-state index in [0.717, 1.165) is 32.1 Å². The Labute approximate surface area is 113 Å². The summed E-state index contributed by atoms with van der Waals surface area (Å²) in [5.41, 5.74) is 0. The Bertz CT molecular complexity index is 344. The van der Waals surface area contributed by atoms with Crippen LogP contribution in [0, 0.1) is 11.8 Å². The molecule has 0 aromatic rings. The van der Waals surface area contributed by atoms with Gasteiger partial charge < -0.3 is 15.5 Å². The van der Waals surface area contributed by atoms with Gasteiger partial charge in [-0.3, -0.25) is 9.59 Å². The summed E-state index contributed by atoms with van der Waals surface area (Å²) in [5, 5.41) is 21.8. The zero-order chi connectivity index (χ0) is 13.8. The predicted molar refractivity (Wildman–Crippen MR) is 69.5 cm³/mol. The van der Waals surface area contributed by atoms with Crippen LogP contribution in [0.1, 0.15) is 51.4 Å². The molecule has 2 fully saturated rings. The molecule has 5 nitrogen and oxygen atoms in total. The number of aliphatic carboxylic acids is 1. The van der Waals surface area contributed by atoms with Crippen molar-refractivity contribution in [1.82, 2.24) is 5.32 Å². The first-order valence-corrected chi connectivity index (χ1v) is 7.29. The number of rotatable bonds is 3. The first kappa shape index (κ1) is 14.3. The van der Waals surface area contributed by atoms with E-state index in [-0.39, 0.29) is 23.8 Å². The number of carboxylic acids is 1. The summed E-state index contributed by atoms with van der Waals surface area (Å²) in [6.45, 7) is 0. The quantitative estimate of drug-likeness (QED) is 0.674. The monoisotopic (exact) mass is 269 g/mol. The van der Waals surface area contributed by atoms with Crippen LogP contribution in [0.2, 0.25) is 0 Å². The number of nitrogens with one attached hydrogen (secondary N) is 1. The molecule has 0 aliphatic heterocycles. The van der Waals surface area contributed by atoms with Gasteiger partial charge in [-0.15, -0.1) is 0 Å². The number of aliphatic hydroxyl groups is 1. The van der Waals surface area contributed by atoms with Crippen LogP contribution >= 0.6 is 0 Å². The van der Waals surface area contributed by atoms with Crippen molar-refractivity contribution in [3.63, 3.8) is 0 Å². The molecule has 0 radical (unpaired) electrons. The third-order valence-electron chi connectivity index (χ3n) is 4.46. The maximum absolute atomic E-state index is 12.1. The van der Waals surface area contributed by atoms with Gasteiger partial charge in [-0.25, -0.2) is 0 Å². The van der Waals surface area contributed by atoms with Crippen LogP contribution in [0.15, 0.2) is 0 Å². The molecule has 2 saturated carbocycles. The summed E-state index contributed by atoms with van der Waals surface area (Å²) in [7, 11) is 0. The van der Waals surface area contributed by atoms with Gasteiger partial charge in [0.05, 0.1) is 18.1 Å². The second-order valence-electron chi connectivity index (χ2n) is 5.87. The fourth-order valence-corrected chi connectivity index (χ4v) is 3.20. The van der Waals surface area contributed by atoms with Crippen LogP contribution in [-0.2, 0) is 9.59 Å². The lowest BCUT2D eigenvalue weighted by atomic mass is 10.0. The zero-order valence-corrected chi connectivity index (χ0v) is 11.2. The molecule has 0 bridgehead atoms. The van der Waals surface area contributed by atoms with Crippen molar-refractivity contribution in [3.05, 3.63) is 0 Å². The highest BCUT2D eigenvalue weighted by molar-refractivity contribution is 5.81. The molecule has 19 heavy (non-hydrogen) atoms. The molecule has 5 heteroatoms. The van der Waals surface area contributed by atoms with Crippen LogP contribution in [0.5, 0.6) is 0 Å². The van der Waals surface area contributed by atoms with E-state index in [0.29, 0.717) is 19.3 Å². The summed E-state index contributed by atoms with van der Waals surface area (Å²) in [6.07, 6.45) is 5.92. The number of hydrogen-bond acceptors (Lipinski definition) is 3. The topological polar surface area (TPSA) is 86.6 Å². The van der Waals surface area contributed by atoms with E-state index in [2.05, 4.69) is 5.32 Å². The van der Waals surface area contributed by atoms with E-state index < -0.39 is 12.1 Å². The van der Waals surface area contributed by atoms with Gasteiger partial charge in [-0.2, -0.15) is 0 Å². The van der Waals surface area contributed by atoms with Gasteiger partial charge in [0.1, 0.15) is 0 Å². The number of hydrogen-bond donors (Lipinski definition) is 3. The molecule has 2 rings (SSSR count). The van der Waals surface area contributed by atoms with Crippen molar-refractivity contribution in [2.24, 2.45) is 11.8 Å². The highest BCUT2D eigenvalue weighted by Gasteiger charge is 2.35. The van der Waals surface area contributed by atoms with Gasteiger partial charge in [0, 0.05) is 5.92 Å². The third kappa shape index (κ3) is 3.69. The fraction of sp³-hybridized carbons (Fsp3) is 0.857. The number of carbonyl (C=O) groups excluding carboxylic acids is 1. The zero-order valence-electron chi connectivity index (χ0n) is 11.2. The minimum atomic E-state index is -0.801. The molecule has 4 atom stereocenters. The molecular weight excluding hydrogens is 246 g/mol. The highest BCUT2D eigenvalue weighted by Crippen LogP contribution is 2.31. The highest BCUT2D eigenvalue weighted by atomic mass is 16.4. The summed E-state index contributed by atoms with van der Waals surface area (Å²) >= 11 is 0. The number of amides is 1. The molecule has 2 aliphatic rings. The summed E-state index contributed by atoms with van der Waals surface area (Å²) in [6, 6.07) is -0.154. The molecule has 3 N–H and O–H groups in total. The van der Waals surface area contributed by atoms with Crippen LogP contribution in [0.3, 0.4) is 0 Å². The molecule has 0 aromatic heterocycles. The van der Waals surface area contributed by atoms with E-state index in [4.69, 9.17) is 5.11 Å². The van der Waals surface area contributed by atoms with Crippen molar-refractivity contribution in [2.75, 3.05) is 0 Å². The molecule has 0 saturated heterocycles. The Morgan fingerprint density at radius 1 is 0.947 bits per heavy atom. The Morgan fingerprint density at radius 2 is 1.63 bits per heavy atom. The normalized spacial score (nSPS) is 35.6. The Kier molecular flexibility index (Phi) is 4.80. The molecule has 0 aromatic carbocycles. The summed E-state index contributed by atoms with van der Waals surface area (Å²) < 4.78 is 0. The van der Waals surface area contributed by atoms with E-state index in [1.54, 1.807) is 0 Å². The molecule has 2 unspecified atom stereocenters. The second kappa shape index (κ2) is 6.37. The van der Waals surface area contributed by atoms with Crippen LogP contribution in [-0.4, -0.2) is 34.2 Å². The van der Waals surface area contributed by atoms with E-state index in [9.17, 15) is 14.7 Å². The van der Waals surface area contributed by atoms with Crippen molar-refractivity contribution >= 4 is 11.9 Å². The van der Waals surface area contributed by atoms with Crippen molar-refractivity contribution in [1.29, 1.82) is 0 Å². The van der Waals surface area contributed by atoms with Crippen LogP contribution in [0.25, 0.3) is 0 Å². The molecule has 0 heterocycles. The number of carbonyl (C=O) groups is 2. The Balaban J connectivity index is 1.85.